The molecule has 2 aromatic rings. The van der Waals surface area contributed by atoms with Gasteiger partial charge in [0.25, 0.3) is 5.91 Å². The van der Waals surface area contributed by atoms with Crippen LogP contribution in [0.1, 0.15) is 42.5 Å². The molecule has 0 saturated heterocycles. The molecule has 0 radical (unpaired) electrons. The average molecular weight is 365 g/mol. The van der Waals surface area contributed by atoms with Crippen LogP contribution in [0, 0.1) is 0 Å². The fraction of sp³-hybridized carbons (Fsp3) is 0.471. The van der Waals surface area contributed by atoms with E-state index >= 15 is 0 Å². The number of nitrogens with zero attached hydrogens (tertiary/aromatic N) is 2. The lowest BCUT2D eigenvalue weighted by Crippen LogP contribution is -2.44. The van der Waals surface area contributed by atoms with Crippen LogP contribution in [-0.2, 0) is 11.3 Å². The number of carbonyl (C=O) groups excluding carboxylic acids is 2. The Bertz CT molecular complexity index is 812. The first-order valence-corrected chi connectivity index (χ1v) is 8.70. The fourth-order valence-electron chi connectivity index (χ4n) is 3.36. The Morgan fingerprint density at radius 1 is 1.36 bits per heavy atom. The Hall–Kier alpha value is -2.12. The van der Waals surface area contributed by atoms with Crippen molar-refractivity contribution in [1.82, 2.24) is 14.9 Å². The van der Waals surface area contributed by atoms with Crippen molar-refractivity contribution in [3.63, 3.8) is 0 Å². The minimum Gasteiger partial charge on any atom is -0.388 e. The average Bonchev–Trinajstić information content (AvgIpc) is 2.93. The Balaban J connectivity index is 1.86. The zero-order valence-corrected chi connectivity index (χ0v) is 14.6. The summed E-state index contributed by atoms with van der Waals surface area (Å²) < 4.78 is 1.51. The van der Waals surface area contributed by atoms with Gasteiger partial charge in [0.05, 0.1) is 21.6 Å². The second kappa shape index (κ2) is 7.01. The maximum Gasteiger partial charge on any atom is 0.253 e. The third-order valence-electron chi connectivity index (χ3n) is 4.64. The largest absolute Gasteiger partial charge is 0.388 e. The van der Waals surface area contributed by atoms with Gasteiger partial charge in [0.15, 0.2) is 0 Å². The molecule has 1 saturated carbocycles. The highest BCUT2D eigenvalue weighted by molar-refractivity contribution is 6.36. The molecule has 1 aliphatic carbocycles. The van der Waals surface area contributed by atoms with Crippen molar-refractivity contribution in [1.29, 1.82) is 0 Å². The molecule has 2 amide bonds. The van der Waals surface area contributed by atoms with Gasteiger partial charge in [0.1, 0.15) is 12.2 Å². The highest BCUT2D eigenvalue weighted by Gasteiger charge is 2.30. The summed E-state index contributed by atoms with van der Waals surface area (Å²) in [6.07, 6.45) is 7.42. The third kappa shape index (κ3) is 3.77. The van der Waals surface area contributed by atoms with Crippen molar-refractivity contribution in [2.24, 2.45) is 5.73 Å². The van der Waals surface area contributed by atoms with Crippen molar-refractivity contribution in [3.05, 3.63) is 29.0 Å². The van der Waals surface area contributed by atoms with E-state index in [1.807, 2.05) is 0 Å². The second-order valence-electron chi connectivity index (χ2n) is 6.60. The number of aliphatic hydroxyl groups is 1. The van der Waals surface area contributed by atoms with Gasteiger partial charge in [-0.15, -0.1) is 0 Å². The van der Waals surface area contributed by atoms with Crippen LogP contribution >= 0.6 is 11.6 Å². The van der Waals surface area contributed by atoms with Crippen molar-refractivity contribution in [2.45, 2.75) is 44.2 Å². The first-order chi connectivity index (χ1) is 11.9. The van der Waals surface area contributed by atoms with E-state index in [-0.39, 0.29) is 19.0 Å². The number of fused-ring (bicyclic) bond motifs is 1. The normalized spacial score (nSPS) is 16.7. The lowest BCUT2D eigenvalue weighted by Gasteiger charge is -2.32. The number of carbonyl (C=O) groups is 2. The standard InChI is InChI=1S/C17H21ClN4O3/c18-12-4-7-20-15-14(12)11(8-22(15)9-13(19)23)16(24)21-10-17(25)5-2-1-3-6-17/h4,7-8,25H,1-3,5-6,9-10H2,(H2,19,23)(H,21,24). The molecule has 0 aromatic carbocycles. The Morgan fingerprint density at radius 2 is 2.08 bits per heavy atom. The molecule has 4 N–H and O–H groups in total. The molecule has 3 rings (SSSR count). The Kier molecular flexibility index (Phi) is 4.96. The van der Waals surface area contributed by atoms with Gasteiger partial charge in [-0.05, 0) is 18.9 Å². The van der Waals surface area contributed by atoms with Crippen LogP contribution in [0.15, 0.2) is 18.5 Å². The first kappa shape index (κ1) is 17.7. The van der Waals surface area contributed by atoms with Gasteiger partial charge >= 0.3 is 0 Å². The fourth-order valence-corrected chi connectivity index (χ4v) is 3.61. The topological polar surface area (TPSA) is 110 Å². The molecular formula is C17H21ClN4O3. The molecule has 7 nitrogen and oxygen atoms in total. The van der Waals surface area contributed by atoms with Crippen LogP contribution in [0.5, 0.6) is 0 Å². The molecular weight excluding hydrogens is 344 g/mol. The molecule has 1 fully saturated rings. The molecule has 2 aromatic heterocycles. The lowest BCUT2D eigenvalue weighted by atomic mass is 9.85. The summed E-state index contributed by atoms with van der Waals surface area (Å²) in [7, 11) is 0. The number of hydrogen-bond acceptors (Lipinski definition) is 4. The van der Waals surface area contributed by atoms with Crippen LogP contribution in [0.4, 0.5) is 0 Å². The van der Waals surface area contributed by atoms with Gasteiger partial charge in [-0.2, -0.15) is 0 Å². The number of nitrogens with one attached hydrogen (secondary N) is 1. The molecule has 8 heteroatoms. The summed E-state index contributed by atoms with van der Waals surface area (Å²) in [6, 6.07) is 1.59. The first-order valence-electron chi connectivity index (χ1n) is 8.32. The minimum absolute atomic E-state index is 0.0962. The summed E-state index contributed by atoms with van der Waals surface area (Å²) in [5.74, 6) is -0.899. The van der Waals surface area contributed by atoms with Gasteiger partial charge < -0.3 is 20.7 Å². The predicted octanol–water partition coefficient (Wildman–Crippen LogP) is 1.60. The maximum atomic E-state index is 12.7. The number of pyridine rings is 1. The molecule has 0 spiro atoms. The molecule has 134 valence electrons. The van der Waals surface area contributed by atoms with Crippen molar-refractivity contribution >= 4 is 34.4 Å². The highest BCUT2D eigenvalue weighted by Crippen LogP contribution is 2.29. The van der Waals surface area contributed by atoms with Gasteiger partial charge in [0, 0.05) is 18.9 Å². The van der Waals surface area contributed by atoms with Gasteiger partial charge in [-0.1, -0.05) is 30.9 Å². The molecule has 0 unspecified atom stereocenters. The van der Waals surface area contributed by atoms with Crippen molar-refractivity contribution in [3.8, 4) is 0 Å². The van der Waals surface area contributed by atoms with E-state index < -0.39 is 11.5 Å². The van der Waals surface area contributed by atoms with Crippen LogP contribution in [-0.4, -0.2) is 38.6 Å². The van der Waals surface area contributed by atoms with Gasteiger partial charge in [0.2, 0.25) is 5.91 Å². The van der Waals surface area contributed by atoms with Crippen molar-refractivity contribution in [2.75, 3.05) is 6.54 Å². The maximum absolute atomic E-state index is 12.7. The predicted molar refractivity (Wildman–Crippen MR) is 94.3 cm³/mol. The van der Waals surface area contributed by atoms with E-state index in [1.165, 1.54) is 17.0 Å². The van der Waals surface area contributed by atoms with Crippen LogP contribution < -0.4 is 11.1 Å². The summed E-state index contributed by atoms with van der Waals surface area (Å²) in [4.78, 5) is 28.1. The highest BCUT2D eigenvalue weighted by atomic mass is 35.5. The van der Waals surface area contributed by atoms with E-state index in [2.05, 4.69) is 10.3 Å². The summed E-state index contributed by atoms with van der Waals surface area (Å²) in [6.45, 7) is 0.0905. The Morgan fingerprint density at radius 3 is 2.76 bits per heavy atom. The molecule has 25 heavy (non-hydrogen) atoms. The number of hydrogen-bond donors (Lipinski definition) is 3. The SMILES string of the molecule is NC(=O)Cn1cc(C(=O)NCC2(O)CCCCC2)c2c(Cl)ccnc21. The number of rotatable bonds is 5. The lowest BCUT2D eigenvalue weighted by molar-refractivity contribution is -0.118. The number of nitrogens with two attached hydrogens (primary N) is 1. The van der Waals surface area contributed by atoms with E-state index in [0.717, 1.165) is 19.3 Å². The second-order valence-corrected chi connectivity index (χ2v) is 7.00. The quantitative estimate of drug-likeness (QED) is 0.748. The van der Waals surface area contributed by atoms with Crippen LogP contribution in [0.2, 0.25) is 5.02 Å². The zero-order valence-electron chi connectivity index (χ0n) is 13.8. The minimum atomic E-state index is -0.860. The van der Waals surface area contributed by atoms with E-state index in [4.69, 9.17) is 17.3 Å². The molecule has 0 atom stereocenters. The number of amides is 2. The number of aromatic nitrogens is 2. The van der Waals surface area contributed by atoms with Gasteiger partial charge in [-0.3, -0.25) is 9.59 Å². The molecule has 0 bridgehead atoms. The number of halogens is 1. The van der Waals surface area contributed by atoms with Crippen LogP contribution in [0.25, 0.3) is 11.0 Å². The molecule has 0 aliphatic heterocycles. The van der Waals surface area contributed by atoms with Gasteiger partial charge in [-0.25, -0.2) is 4.98 Å². The Labute approximate surface area is 150 Å². The summed E-state index contributed by atoms with van der Waals surface area (Å²) in [5, 5.41) is 14.2. The summed E-state index contributed by atoms with van der Waals surface area (Å²) in [5.41, 5.74) is 5.14. The van der Waals surface area contributed by atoms with E-state index in [9.17, 15) is 14.7 Å². The smallest absolute Gasteiger partial charge is 0.253 e. The zero-order chi connectivity index (χ0) is 18.0. The number of primary amides is 1. The van der Waals surface area contributed by atoms with Crippen LogP contribution in [0.3, 0.4) is 0 Å². The third-order valence-corrected chi connectivity index (χ3v) is 4.95. The van der Waals surface area contributed by atoms with E-state index in [0.29, 0.717) is 34.5 Å². The molecule has 1 aliphatic rings. The molecule has 2 heterocycles. The summed E-state index contributed by atoms with van der Waals surface area (Å²) >= 11 is 6.23. The van der Waals surface area contributed by atoms with Crippen molar-refractivity contribution < 1.29 is 14.7 Å². The van der Waals surface area contributed by atoms with E-state index in [1.54, 1.807) is 6.07 Å². The monoisotopic (exact) mass is 364 g/mol.